The molecule has 0 aliphatic heterocycles. The Morgan fingerprint density at radius 1 is 1.05 bits per heavy atom. The van der Waals surface area contributed by atoms with Crippen LogP contribution in [0.5, 0.6) is 11.5 Å². The molecule has 9 heteroatoms. The third-order valence-electron chi connectivity index (χ3n) is 5.39. The van der Waals surface area contributed by atoms with Crippen LogP contribution in [0.2, 0.25) is 0 Å². The fourth-order valence-corrected chi connectivity index (χ4v) is 3.57. The van der Waals surface area contributed by atoms with Crippen LogP contribution in [-0.2, 0) is 9.53 Å². The number of esters is 1. The average Bonchev–Trinajstić information content (AvgIpc) is 3.36. The number of nitrogens with one attached hydrogen (secondary N) is 1. The van der Waals surface area contributed by atoms with Gasteiger partial charge in [-0.1, -0.05) is 36.9 Å². The van der Waals surface area contributed by atoms with Crippen LogP contribution in [-0.4, -0.2) is 49.0 Å². The highest BCUT2D eigenvalue weighted by molar-refractivity contribution is 5.97. The van der Waals surface area contributed by atoms with Crippen molar-refractivity contribution in [3.8, 4) is 28.4 Å². The minimum atomic E-state index is -1.14. The maximum Gasteiger partial charge on any atom is 0.333 e. The van der Waals surface area contributed by atoms with Crippen molar-refractivity contribution in [2.45, 2.75) is 13.0 Å². The van der Waals surface area contributed by atoms with Gasteiger partial charge in [-0.2, -0.15) is 5.10 Å². The molecule has 0 fully saturated rings. The zero-order valence-corrected chi connectivity index (χ0v) is 21.0. The first-order chi connectivity index (χ1) is 17.8. The first-order valence-corrected chi connectivity index (χ1v) is 11.3. The van der Waals surface area contributed by atoms with Gasteiger partial charge in [0.1, 0.15) is 17.3 Å². The van der Waals surface area contributed by atoms with Crippen molar-refractivity contribution in [3.05, 3.63) is 96.5 Å². The van der Waals surface area contributed by atoms with Crippen molar-refractivity contribution in [2.24, 2.45) is 0 Å². The third kappa shape index (κ3) is 6.13. The highest BCUT2D eigenvalue weighted by atomic mass is 19.1. The molecule has 8 nitrogen and oxygen atoms in total. The molecule has 0 saturated heterocycles. The van der Waals surface area contributed by atoms with E-state index < -0.39 is 23.7 Å². The van der Waals surface area contributed by atoms with Crippen molar-refractivity contribution in [1.29, 1.82) is 0 Å². The number of carbonyl (C=O) groups is 2. The van der Waals surface area contributed by atoms with Crippen LogP contribution in [0.25, 0.3) is 16.9 Å². The van der Waals surface area contributed by atoms with E-state index >= 15 is 0 Å². The fourth-order valence-electron chi connectivity index (χ4n) is 3.57. The second kappa shape index (κ2) is 12.3. The molecule has 2 aromatic carbocycles. The number of allylic oxidation sites excluding steroid dienone is 3. The molecule has 0 radical (unpaired) electrons. The lowest BCUT2D eigenvalue weighted by molar-refractivity contribution is -0.141. The van der Waals surface area contributed by atoms with E-state index in [4.69, 9.17) is 14.2 Å². The Kier molecular flexibility index (Phi) is 8.99. The molecule has 1 heterocycles. The minimum Gasteiger partial charge on any atom is -0.496 e. The van der Waals surface area contributed by atoms with E-state index in [1.54, 1.807) is 36.4 Å². The second-order valence-electron chi connectivity index (χ2n) is 7.73. The maximum absolute atomic E-state index is 13.6. The van der Waals surface area contributed by atoms with Crippen molar-refractivity contribution >= 4 is 11.9 Å². The highest BCUT2D eigenvalue weighted by Crippen LogP contribution is 2.39. The summed E-state index contributed by atoms with van der Waals surface area (Å²) >= 11 is 0. The van der Waals surface area contributed by atoms with Gasteiger partial charge in [0.25, 0.3) is 5.91 Å². The zero-order valence-electron chi connectivity index (χ0n) is 21.0. The van der Waals surface area contributed by atoms with Crippen molar-refractivity contribution in [1.82, 2.24) is 15.1 Å². The van der Waals surface area contributed by atoms with Crippen LogP contribution in [0.15, 0.2) is 85.0 Å². The van der Waals surface area contributed by atoms with Gasteiger partial charge < -0.3 is 19.5 Å². The molecule has 0 spiro atoms. The molecule has 1 aromatic heterocycles. The normalized spacial score (nSPS) is 11.9. The van der Waals surface area contributed by atoms with Gasteiger partial charge in [0, 0.05) is 0 Å². The third-order valence-corrected chi connectivity index (χ3v) is 5.39. The van der Waals surface area contributed by atoms with Gasteiger partial charge in [-0.15, -0.1) is 0 Å². The zero-order chi connectivity index (χ0) is 26.9. The van der Waals surface area contributed by atoms with Crippen LogP contribution in [0, 0.1) is 5.82 Å². The summed E-state index contributed by atoms with van der Waals surface area (Å²) < 4.78 is 31.1. The Hall–Kier alpha value is -4.66. The molecule has 192 valence electrons. The number of ether oxygens (including phenoxy) is 3. The molecule has 1 atom stereocenters. The predicted molar refractivity (Wildman–Crippen MR) is 138 cm³/mol. The smallest absolute Gasteiger partial charge is 0.333 e. The lowest BCUT2D eigenvalue weighted by Gasteiger charge is -2.16. The van der Waals surface area contributed by atoms with E-state index in [1.165, 1.54) is 56.3 Å². The second-order valence-corrected chi connectivity index (χ2v) is 7.73. The number of aromatic nitrogens is 2. The van der Waals surface area contributed by atoms with Crippen molar-refractivity contribution in [2.75, 3.05) is 21.3 Å². The molecule has 0 aliphatic rings. The first kappa shape index (κ1) is 26.9. The Bertz CT molecular complexity index is 1320. The van der Waals surface area contributed by atoms with E-state index in [2.05, 4.69) is 17.0 Å². The topological polar surface area (TPSA) is 91.7 Å². The Morgan fingerprint density at radius 2 is 1.70 bits per heavy atom. The van der Waals surface area contributed by atoms with Gasteiger partial charge in [-0.3, -0.25) is 4.79 Å². The lowest BCUT2D eigenvalue weighted by atomic mass is 10.1. The summed E-state index contributed by atoms with van der Waals surface area (Å²) in [5.41, 5.74) is 1.79. The summed E-state index contributed by atoms with van der Waals surface area (Å²) in [6.45, 7) is 5.73. The van der Waals surface area contributed by atoms with Gasteiger partial charge in [-0.25, -0.2) is 13.9 Å². The molecular formula is C28H28FN3O5. The van der Waals surface area contributed by atoms with Crippen molar-refractivity contribution < 1.29 is 28.2 Å². The molecular weight excluding hydrogens is 477 g/mol. The predicted octanol–water partition coefficient (Wildman–Crippen LogP) is 4.66. The Morgan fingerprint density at radius 3 is 2.27 bits per heavy atom. The quantitative estimate of drug-likeness (QED) is 0.319. The molecule has 3 aromatic rings. The standard InChI is InChI=1S/C28H28FN3O5/c1-6-7-8-10-18(2)26(28(34)37-5)30-27(33)21-17-22(25-23(35-3)11-9-12-24(25)36-4)32(31-21)20-15-13-19(29)14-16-20/h6-17,26H,2H2,1,3-5H3,(H,30,33)/b7-6-,10-8-/t26-/m0/s1. The summed E-state index contributed by atoms with van der Waals surface area (Å²) in [6, 6.07) is 11.3. The molecule has 37 heavy (non-hydrogen) atoms. The molecule has 1 amide bonds. The van der Waals surface area contributed by atoms with Crippen LogP contribution < -0.4 is 14.8 Å². The average molecular weight is 506 g/mol. The summed E-state index contributed by atoms with van der Waals surface area (Å²) in [6.07, 6.45) is 6.87. The Balaban J connectivity index is 2.11. The summed E-state index contributed by atoms with van der Waals surface area (Å²) in [5, 5.41) is 7.10. The molecule has 0 aliphatic carbocycles. The van der Waals surface area contributed by atoms with Gasteiger partial charge in [0.2, 0.25) is 0 Å². The number of amides is 1. The summed E-state index contributed by atoms with van der Waals surface area (Å²) in [4.78, 5) is 25.7. The Labute approximate surface area is 214 Å². The minimum absolute atomic E-state index is 0.00794. The number of methoxy groups -OCH3 is 3. The number of halogens is 1. The molecule has 0 unspecified atom stereocenters. The van der Waals surface area contributed by atoms with E-state index in [0.29, 0.717) is 34.0 Å². The molecule has 3 rings (SSSR count). The van der Waals surface area contributed by atoms with Gasteiger partial charge in [0.05, 0.1) is 38.3 Å². The largest absolute Gasteiger partial charge is 0.496 e. The fraction of sp³-hybridized carbons (Fsp3) is 0.179. The molecule has 1 N–H and O–H groups in total. The first-order valence-electron chi connectivity index (χ1n) is 11.3. The van der Waals surface area contributed by atoms with Crippen LogP contribution >= 0.6 is 0 Å². The van der Waals surface area contributed by atoms with Gasteiger partial charge in [-0.05, 0) is 55.0 Å². The van der Waals surface area contributed by atoms with Crippen molar-refractivity contribution in [3.63, 3.8) is 0 Å². The van der Waals surface area contributed by atoms with Crippen LogP contribution in [0.3, 0.4) is 0 Å². The van der Waals surface area contributed by atoms with E-state index in [0.717, 1.165) is 0 Å². The molecule has 0 bridgehead atoms. The molecule has 0 saturated carbocycles. The highest BCUT2D eigenvalue weighted by Gasteiger charge is 2.27. The number of carbonyl (C=O) groups excluding carboxylic acids is 2. The van der Waals surface area contributed by atoms with E-state index in [9.17, 15) is 14.0 Å². The lowest BCUT2D eigenvalue weighted by Crippen LogP contribution is -2.42. The van der Waals surface area contributed by atoms with Crippen LogP contribution in [0.4, 0.5) is 4.39 Å². The number of nitrogens with zero attached hydrogens (tertiary/aromatic N) is 2. The summed E-state index contributed by atoms with van der Waals surface area (Å²) in [7, 11) is 4.25. The van der Waals surface area contributed by atoms with Crippen LogP contribution in [0.1, 0.15) is 17.4 Å². The maximum atomic E-state index is 13.6. The number of hydrogen-bond acceptors (Lipinski definition) is 6. The monoisotopic (exact) mass is 505 g/mol. The number of benzene rings is 2. The number of hydrogen-bond donors (Lipinski definition) is 1. The van der Waals surface area contributed by atoms with Gasteiger partial charge in [0.15, 0.2) is 11.7 Å². The SMILES string of the molecule is C=C(/C=C\C=C/C)[C@H](NC(=O)c1cc(-c2c(OC)cccc2OC)n(-c2ccc(F)cc2)n1)C(=O)OC. The summed E-state index contributed by atoms with van der Waals surface area (Å²) in [5.74, 6) is -0.801. The van der Waals surface area contributed by atoms with E-state index in [1.807, 2.05) is 13.0 Å². The van der Waals surface area contributed by atoms with E-state index in [-0.39, 0.29) is 5.69 Å². The number of rotatable bonds is 10. The van der Waals surface area contributed by atoms with Gasteiger partial charge >= 0.3 is 5.97 Å².